The van der Waals surface area contributed by atoms with Crippen LogP contribution in [0.15, 0.2) is 48.5 Å². The zero-order valence-electron chi connectivity index (χ0n) is 12.0. The van der Waals surface area contributed by atoms with Crippen LogP contribution < -0.4 is 4.74 Å². The molecule has 2 aromatic carbocycles. The van der Waals surface area contributed by atoms with Crippen LogP contribution in [0.5, 0.6) is 5.75 Å². The van der Waals surface area contributed by atoms with Crippen molar-refractivity contribution in [1.29, 1.82) is 5.26 Å². The second-order valence-electron chi connectivity index (χ2n) is 4.82. The van der Waals surface area contributed by atoms with Gasteiger partial charge in [-0.1, -0.05) is 18.2 Å². The summed E-state index contributed by atoms with van der Waals surface area (Å²) in [5.74, 6) is 0.631. The number of carbonyl (C=O) groups is 1. The van der Waals surface area contributed by atoms with Crippen LogP contribution >= 0.6 is 0 Å². The molecule has 0 aliphatic carbocycles. The zero-order valence-corrected chi connectivity index (χ0v) is 12.0. The van der Waals surface area contributed by atoms with Gasteiger partial charge in [0.2, 0.25) is 0 Å². The van der Waals surface area contributed by atoms with Crippen LogP contribution in [-0.2, 0) is 6.61 Å². The van der Waals surface area contributed by atoms with E-state index in [2.05, 4.69) is 6.07 Å². The molecule has 0 saturated heterocycles. The van der Waals surface area contributed by atoms with Crippen molar-refractivity contribution in [2.45, 2.75) is 6.61 Å². The van der Waals surface area contributed by atoms with Gasteiger partial charge in [-0.25, -0.2) is 0 Å². The summed E-state index contributed by atoms with van der Waals surface area (Å²) in [4.78, 5) is 13.3. The SMILES string of the molecule is CN(C)C(=O)c1ccc(COc2cccc(C#N)c2)cc1. The van der Waals surface area contributed by atoms with Crippen LogP contribution in [0.25, 0.3) is 0 Å². The van der Waals surface area contributed by atoms with Gasteiger partial charge in [0.1, 0.15) is 12.4 Å². The summed E-state index contributed by atoms with van der Waals surface area (Å²) in [6.07, 6.45) is 0. The zero-order chi connectivity index (χ0) is 15.2. The third-order valence-electron chi connectivity index (χ3n) is 2.98. The number of hydrogen-bond acceptors (Lipinski definition) is 3. The second kappa shape index (κ2) is 6.58. The van der Waals surface area contributed by atoms with Gasteiger partial charge in [0, 0.05) is 19.7 Å². The van der Waals surface area contributed by atoms with E-state index in [0.29, 0.717) is 23.5 Å². The van der Waals surface area contributed by atoms with Crippen LogP contribution in [0.1, 0.15) is 21.5 Å². The molecule has 0 bridgehead atoms. The highest BCUT2D eigenvalue weighted by Gasteiger charge is 2.07. The number of hydrogen-bond donors (Lipinski definition) is 0. The summed E-state index contributed by atoms with van der Waals surface area (Å²) in [6, 6.07) is 16.4. The first-order valence-corrected chi connectivity index (χ1v) is 6.53. The van der Waals surface area contributed by atoms with Gasteiger partial charge < -0.3 is 9.64 Å². The van der Waals surface area contributed by atoms with Crippen molar-refractivity contribution in [3.05, 3.63) is 65.2 Å². The first-order chi connectivity index (χ1) is 10.1. The molecular formula is C17H16N2O2. The Balaban J connectivity index is 2.01. The lowest BCUT2D eigenvalue weighted by Crippen LogP contribution is -2.21. The van der Waals surface area contributed by atoms with Gasteiger partial charge in [0.05, 0.1) is 11.6 Å². The summed E-state index contributed by atoms with van der Waals surface area (Å²) < 4.78 is 5.64. The topological polar surface area (TPSA) is 53.3 Å². The van der Waals surface area contributed by atoms with E-state index in [0.717, 1.165) is 5.56 Å². The summed E-state index contributed by atoms with van der Waals surface area (Å²) in [6.45, 7) is 0.394. The average Bonchev–Trinajstić information content (AvgIpc) is 2.53. The van der Waals surface area contributed by atoms with Crippen molar-refractivity contribution in [3.8, 4) is 11.8 Å². The number of benzene rings is 2. The molecule has 0 aromatic heterocycles. The number of amides is 1. The second-order valence-corrected chi connectivity index (χ2v) is 4.82. The Bertz CT molecular complexity index is 670. The lowest BCUT2D eigenvalue weighted by Gasteiger charge is -2.11. The van der Waals surface area contributed by atoms with E-state index in [1.165, 1.54) is 0 Å². The highest BCUT2D eigenvalue weighted by atomic mass is 16.5. The van der Waals surface area contributed by atoms with E-state index in [9.17, 15) is 4.79 Å². The minimum Gasteiger partial charge on any atom is -0.489 e. The minimum absolute atomic E-state index is 0.0239. The molecule has 4 heteroatoms. The van der Waals surface area contributed by atoms with Crippen LogP contribution in [0.2, 0.25) is 0 Å². The lowest BCUT2D eigenvalue weighted by molar-refractivity contribution is 0.0827. The van der Waals surface area contributed by atoms with Crippen LogP contribution in [0, 0.1) is 11.3 Å². The monoisotopic (exact) mass is 280 g/mol. The molecule has 0 fully saturated rings. The van der Waals surface area contributed by atoms with Gasteiger partial charge in [-0.05, 0) is 35.9 Å². The Morgan fingerprint density at radius 3 is 2.52 bits per heavy atom. The fraction of sp³-hybridized carbons (Fsp3) is 0.176. The van der Waals surface area contributed by atoms with Crippen molar-refractivity contribution < 1.29 is 9.53 Å². The van der Waals surface area contributed by atoms with Crippen LogP contribution in [0.3, 0.4) is 0 Å². The van der Waals surface area contributed by atoms with Crippen molar-refractivity contribution in [1.82, 2.24) is 4.90 Å². The fourth-order valence-electron chi connectivity index (χ4n) is 1.82. The average molecular weight is 280 g/mol. The molecule has 0 N–H and O–H groups in total. The fourth-order valence-corrected chi connectivity index (χ4v) is 1.82. The van der Waals surface area contributed by atoms with Crippen molar-refractivity contribution in [2.24, 2.45) is 0 Å². The van der Waals surface area contributed by atoms with Gasteiger partial charge >= 0.3 is 0 Å². The normalized spacial score (nSPS) is 9.76. The molecule has 0 atom stereocenters. The molecule has 0 spiro atoms. The van der Waals surface area contributed by atoms with Gasteiger partial charge in [-0.15, -0.1) is 0 Å². The quantitative estimate of drug-likeness (QED) is 0.865. The predicted molar refractivity (Wildman–Crippen MR) is 79.9 cm³/mol. The summed E-state index contributed by atoms with van der Waals surface area (Å²) in [7, 11) is 3.45. The number of nitriles is 1. The number of rotatable bonds is 4. The first kappa shape index (κ1) is 14.6. The van der Waals surface area contributed by atoms with E-state index in [-0.39, 0.29) is 5.91 Å². The maximum Gasteiger partial charge on any atom is 0.253 e. The molecule has 2 aromatic rings. The highest BCUT2D eigenvalue weighted by Crippen LogP contribution is 2.15. The van der Waals surface area contributed by atoms with Gasteiger partial charge in [-0.3, -0.25) is 4.79 Å². The van der Waals surface area contributed by atoms with Crippen molar-refractivity contribution in [2.75, 3.05) is 14.1 Å². The Morgan fingerprint density at radius 2 is 1.90 bits per heavy atom. The molecule has 2 rings (SSSR count). The maximum atomic E-state index is 11.8. The molecule has 0 aliphatic rings. The van der Waals surface area contributed by atoms with Gasteiger partial charge in [0.25, 0.3) is 5.91 Å². The van der Waals surface area contributed by atoms with E-state index in [4.69, 9.17) is 10.00 Å². The number of nitrogens with zero attached hydrogens (tertiary/aromatic N) is 2. The molecule has 0 radical (unpaired) electrons. The minimum atomic E-state index is -0.0239. The molecule has 0 aliphatic heterocycles. The molecule has 1 amide bonds. The first-order valence-electron chi connectivity index (χ1n) is 6.53. The van der Waals surface area contributed by atoms with Crippen molar-refractivity contribution in [3.63, 3.8) is 0 Å². The largest absolute Gasteiger partial charge is 0.489 e. The number of ether oxygens (including phenoxy) is 1. The van der Waals surface area contributed by atoms with Gasteiger partial charge in [0.15, 0.2) is 0 Å². The van der Waals surface area contributed by atoms with E-state index in [1.807, 2.05) is 18.2 Å². The molecule has 4 nitrogen and oxygen atoms in total. The molecule has 106 valence electrons. The summed E-state index contributed by atoms with van der Waals surface area (Å²) >= 11 is 0. The standard InChI is InChI=1S/C17H16N2O2/c1-19(2)17(20)15-8-6-13(7-9-15)12-21-16-5-3-4-14(10-16)11-18/h3-10H,12H2,1-2H3. The Morgan fingerprint density at radius 1 is 1.19 bits per heavy atom. The Labute approximate surface area is 124 Å². The van der Waals surface area contributed by atoms with E-state index in [1.54, 1.807) is 49.3 Å². The highest BCUT2D eigenvalue weighted by molar-refractivity contribution is 5.93. The predicted octanol–water partition coefficient (Wildman–Crippen LogP) is 2.84. The van der Waals surface area contributed by atoms with Crippen molar-refractivity contribution >= 4 is 5.91 Å². The van der Waals surface area contributed by atoms with Gasteiger partial charge in [-0.2, -0.15) is 5.26 Å². The Kier molecular flexibility index (Phi) is 4.57. The Hall–Kier alpha value is -2.80. The summed E-state index contributed by atoms with van der Waals surface area (Å²) in [5, 5.41) is 8.83. The van der Waals surface area contributed by atoms with E-state index >= 15 is 0 Å². The molecule has 0 saturated carbocycles. The molecule has 0 heterocycles. The molecular weight excluding hydrogens is 264 g/mol. The van der Waals surface area contributed by atoms with Crippen LogP contribution in [-0.4, -0.2) is 24.9 Å². The third kappa shape index (κ3) is 3.83. The molecule has 21 heavy (non-hydrogen) atoms. The number of carbonyl (C=O) groups excluding carboxylic acids is 1. The summed E-state index contributed by atoms with van der Waals surface area (Å²) in [5.41, 5.74) is 2.18. The van der Waals surface area contributed by atoms with E-state index < -0.39 is 0 Å². The third-order valence-corrected chi connectivity index (χ3v) is 2.98. The lowest BCUT2D eigenvalue weighted by atomic mass is 10.1. The molecule has 0 unspecified atom stereocenters. The van der Waals surface area contributed by atoms with Crippen LogP contribution in [0.4, 0.5) is 0 Å². The maximum absolute atomic E-state index is 11.8. The smallest absolute Gasteiger partial charge is 0.253 e.